The number of hydrogen-bond acceptors (Lipinski definition) is 4. The molecule has 2 aromatic carbocycles. The Morgan fingerprint density at radius 1 is 1.00 bits per heavy atom. The average Bonchev–Trinajstić information content (AvgIpc) is 3.16. The fraction of sp³-hybridized carbons (Fsp3) is 0.444. The molecule has 1 fully saturated rings. The molecule has 0 radical (unpaired) electrons. The van der Waals surface area contributed by atoms with Crippen LogP contribution < -0.4 is 10.6 Å². The van der Waals surface area contributed by atoms with Crippen molar-refractivity contribution in [2.24, 2.45) is 5.92 Å². The number of ether oxygens (including phenoxy) is 1. The first-order chi connectivity index (χ1) is 16.5. The van der Waals surface area contributed by atoms with Gasteiger partial charge in [-0.25, -0.2) is 4.79 Å². The van der Waals surface area contributed by atoms with Crippen molar-refractivity contribution in [1.82, 2.24) is 10.6 Å². The van der Waals surface area contributed by atoms with Gasteiger partial charge in [0.15, 0.2) is 0 Å². The Labute approximate surface area is 199 Å². The van der Waals surface area contributed by atoms with Crippen LogP contribution in [0.5, 0.6) is 0 Å². The van der Waals surface area contributed by atoms with Crippen molar-refractivity contribution in [2.45, 2.75) is 63.5 Å². The third kappa shape index (κ3) is 5.24. The highest BCUT2D eigenvalue weighted by Crippen LogP contribution is 2.44. The molecule has 3 N–H and O–H groups in total. The topological polar surface area (TPSA) is 105 Å². The van der Waals surface area contributed by atoms with Crippen LogP contribution in [0.15, 0.2) is 48.5 Å². The molecular formula is C27H32N2O5. The highest BCUT2D eigenvalue weighted by molar-refractivity contribution is 5.89. The Balaban J connectivity index is 1.40. The van der Waals surface area contributed by atoms with Gasteiger partial charge in [0.05, 0.1) is 6.42 Å². The van der Waals surface area contributed by atoms with Crippen LogP contribution >= 0.6 is 0 Å². The Morgan fingerprint density at radius 2 is 1.62 bits per heavy atom. The SMILES string of the molecule is CCC1CCCCC1NC(=O)C(CC(=O)O)NC(=O)OCC1c2ccccc2-c2ccccc21. The van der Waals surface area contributed by atoms with Crippen molar-refractivity contribution in [2.75, 3.05) is 6.61 Å². The molecule has 34 heavy (non-hydrogen) atoms. The smallest absolute Gasteiger partial charge is 0.407 e. The van der Waals surface area contributed by atoms with E-state index in [4.69, 9.17) is 4.74 Å². The number of benzene rings is 2. The third-order valence-corrected chi connectivity index (χ3v) is 7.09. The fourth-order valence-electron chi connectivity index (χ4n) is 5.34. The van der Waals surface area contributed by atoms with Gasteiger partial charge in [-0.15, -0.1) is 0 Å². The second-order valence-corrected chi connectivity index (χ2v) is 9.19. The van der Waals surface area contributed by atoms with Crippen LogP contribution in [-0.2, 0) is 14.3 Å². The second kappa shape index (κ2) is 10.7. The number of carbonyl (C=O) groups excluding carboxylic acids is 2. The van der Waals surface area contributed by atoms with Crippen LogP contribution in [0, 0.1) is 5.92 Å². The number of rotatable bonds is 8. The van der Waals surface area contributed by atoms with Crippen LogP contribution in [0.1, 0.15) is 62.5 Å². The van der Waals surface area contributed by atoms with Crippen molar-refractivity contribution in [3.8, 4) is 11.1 Å². The summed E-state index contributed by atoms with van der Waals surface area (Å²) in [5.74, 6) is -1.37. The van der Waals surface area contributed by atoms with Crippen molar-refractivity contribution < 1.29 is 24.2 Å². The summed E-state index contributed by atoms with van der Waals surface area (Å²) in [6, 6.07) is 14.9. The van der Waals surface area contributed by atoms with Gasteiger partial charge < -0.3 is 20.5 Å². The minimum absolute atomic E-state index is 0.00635. The van der Waals surface area contributed by atoms with Gasteiger partial charge in [-0.2, -0.15) is 0 Å². The summed E-state index contributed by atoms with van der Waals surface area (Å²) >= 11 is 0. The number of alkyl carbamates (subject to hydrolysis) is 1. The lowest BCUT2D eigenvalue weighted by Gasteiger charge is -2.32. The standard InChI is InChI=1S/C27H32N2O5/c1-2-17-9-3-8-14-23(17)28-26(32)24(15-25(30)31)29-27(33)34-16-22-20-12-6-4-10-18(20)19-11-5-7-13-21(19)22/h4-7,10-13,17,22-24H,2-3,8-9,14-16H2,1H3,(H,28,32)(H,29,33)(H,30,31). The average molecular weight is 465 g/mol. The van der Waals surface area contributed by atoms with Gasteiger partial charge >= 0.3 is 12.1 Å². The quantitative estimate of drug-likeness (QED) is 0.535. The van der Waals surface area contributed by atoms with Crippen molar-refractivity contribution in [1.29, 1.82) is 0 Å². The van der Waals surface area contributed by atoms with Gasteiger partial charge in [-0.3, -0.25) is 9.59 Å². The first kappa shape index (κ1) is 23.8. The molecule has 0 spiro atoms. The summed E-state index contributed by atoms with van der Waals surface area (Å²) in [7, 11) is 0. The van der Waals surface area contributed by atoms with Gasteiger partial charge in [-0.05, 0) is 41.0 Å². The molecule has 0 bridgehead atoms. The van der Waals surface area contributed by atoms with Gasteiger partial charge in [0.2, 0.25) is 5.91 Å². The molecule has 2 aliphatic rings. The first-order valence-corrected chi connectivity index (χ1v) is 12.1. The van der Waals surface area contributed by atoms with Gasteiger partial charge in [0, 0.05) is 12.0 Å². The van der Waals surface area contributed by atoms with Crippen molar-refractivity contribution in [3.63, 3.8) is 0 Å². The molecular weight excluding hydrogens is 432 g/mol. The molecule has 180 valence electrons. The first-order valence-electron chi connectivity index (χ1n) is 12.1. The van der Waals surface area contributed by atoms with E-state index in [0.717, 1.165) is 54.4 Å². The number of amides is 2. The molecule has 0 saturated heterocycles. The summed E-state index contributed by atoms with van der Waals surface area (Å²) in [6.07, 6.45) is 3.75. The fourth-order valence-corrected chi connectivity index (χ4v) is 5.34. The molecule has 2 amide bonds. The highest BCUT2D eigenvalue weighted by atomic mass is 16.5. The number of carboxylic acids is 1. The lowest BCUT2D eigenvalue weighted by Crippen LogP contribution is -2.52. The van der Waals surface area contributed by atoms with E-state index in [-0.39, 0.29) is 18.6 Å². The Morgan fingerprint density at radius 3 is 2.24 bits per heavy atom. The number of carbonyl (C=O) groups is 3. The van der Waals surface area contributed by atoms with E-state index in [1.807, 2.05) is 36.4 Å². The Kier molecular flexibility index (Phi) is 7.50. The number of carboxylic acid groups (broad SMARTS) is 1. The van der Waals surface area contributed by atoms with E-state index in [9.17, 15) is 19.5 Å². The van der Waals surface area contributed by atoms with Crippen molar-refractivity contribution in [3.05, 3.63) is 59.7 Å². The molecule has 2 aromatic rings. The maximum Gasteiger partial charge on any atom is 0.407 e. The maximum atomic E-state index is 12.9. The molecule has 4 rings (SSSR count). The molecule has 7 nitrogen and oxygen atoms in total. The summed E-state index contributed by atoms with van der Waals surface area (Å²) < 4.78 is 5.51. The normalized spacial score (nSPS) is 20.0. The monoisotopic (exact) mass is 464 g/mol. The predicted molar refractivity (Wildman–Crippen MR) is 128 cm³/mol. The summed E-state index contributed by atoms with van der Waals surface area (Å²) in [4.78, 5) is 36.9. The largest absolute Gasteiger partial charge is 0.481 e. The van der Waals surface area contributed by atoms with Gasteiger partial charge in [0.25, 0.3) is 0 Å². The lowest BCUT2D eigenvalue weighted by atomic mass is 9.83. The zero-order valence-corrected chi connectivity index (χ0v) is 19.5. The summed E-state index contributed by atoms with van der Waals surface area (Å²) in [5, 5.41) is 14.8. The van der Waals surface area contributed by atoms with Gasteiger partial charge in [-0.1, -0.05) is 74.7 Å². The molecule has 1 saturated carbocycles. The third-order valence-electron chi connectivity index (χ3n) is 7.09. The van der Waals surface area contributed by atoms with E-state index >= 15 is 0 Å². The van der Waals surface area contributed by atoms with E-state index in [1.165, 1.54) is 0 Å². The van der Waals surface area contributed by atoms with E-state index in [0.29, 0.717) is 5.92 Å². The number of nitrogens with one attached hydrogen (secondary N) is 2. The molecule has 2 aliphatic carbocycles. The molecule has 7 heteroatoms. The Bertz CT molecular complexity index is 1010. The highest BCUT2D eigenvalue weighted by Gasteiger charge is 2.32. The van der Waals surface area contributed by atoms with Crippen LogP contribution in [-0.4, -0.2) is 41.8 Å². The summed E-state index contributed by atoms with van der Waals surface area (Å²) in [5.41, 5.74) is 4.40. The Hall–Kier alpha value is -3.35. The molecule has 0 aromatic heterocycles. The van der Waals surface area contributed by atoms with Crippen molar-refractivity contribution >= 4 is 18.0 Å². The minimum atomic E-state index is -1.19. The van der Waals surface area contributed by atoms with Crippen LogP contribution in [0.25, 0.3) is 11.1 Å². The van der Waals surface area contributed by atoms with Crippen LogP contribution in [0.4, 0.5) is 4.79 Å². The second-order valence-electron chi connectivity index (χ2n) is 9.19. The number of hydrogen-bond donors (Lipinski definition) is 3. The molecule has 0 aliphatic heterocycles. The zero-order valence-electron chi connectivity index (χ0n) is 19.5. The number of fused-ring (bicyclic) bond motifs is 3. The number of aliphatic carboxylic acids is 1. The lowest BCUT2D eigenvalue weighted by molar-refractivity contribution is -0.140. The molecule has 3 atom stereocenters. The zero-order chi connectivity index (χ0) is 24.1. The predicted octanol–water partition coefficient (Wildman–Crippen LogP) is 4.45. The minimum Gasteiger partial charge on any atom is -0.481 e. The van der Waals surface area contributed by atoms with Gasteiger partial charge in [0.1, 0.15) is 12.6 Å². The van der Waals surface area contributed by atoms with E-state index < -0.39 is 30.4 Å². The van der Waals surface area contributed by atoms with Crippen LogP contribution in [0.2, 0.25) is 0 Å². The van der Waals surface area contributed by atoms with Crippen LogP contribution in [0.3, 0.4) is 0 Å². The molecule has 3 unspecified atom stereocenters. The van der Waals surface area contributed by atoms with E-state index in [1.54, 1.807) is 0 Å². The molecule has 0 heterocycles. The summed E-state index contributed by atoms with van der Waals surface area (Å²) in [6.45, 7) is 2.20. The maximum absolute atomic E-state index is 12.9. The van der Waals surface area contributed by atoms with E-state index in [2.05, 4.69) is 29.7 Å².